The summed E-state index contributed by atoms with van der Waals surface area (Å²) in [6.07, 6.45) is 2.06. The molecule has 0 amide bonds. The van der Waals surface area contributed by atoms with Crippen LogP contribution in [0.2, 0.25) is 0 Å². The first kappa shape index (κ1) is 17.8. The molecule has 0 radical (unpaired) electrons. The van der Waals surface area contributed by atoms with Gasteiger partial charge in [0.2, 0.25) is 10.0 Å². The number of primary sulfonamides is 1. The Balaban J connectivity index is 1.42. The molecule has 1 aliphatic rings. The summed E-state index contributed by atoms with van der Waals surface area (Å²) >= 11 is 0. The van der Waals surface area contributed by atoms with Crippen molar-refractivity contribution in [3.8, 4) is 0 Å². The fourth-order valence-electron chi connectivity index (χ4n) is 3.70. The van der Waals surface area contributed by atoms with Gasteiger partial charge in [-0.2, -0.15) is 0 Å². The quantitative estimate of drug-likeness (QED) is 0.724. The molecule has 0 bridgehead atoms. The third-order valence-corrected chi connectivity index (χ3v) is 6.10. The summed E-state index contributed by atoms with van der Waals surface area (Å²) in [5.74, 6) is 0. The lowest BCUT2D eigenvalue weighted by molar-refractivity contribution is 0.527. The van der Waals surface area contributed by atoms with E-state index < -0.39 is 10.0 Å². The van der Waals surface area contributed by atoms with Gasteiger partial charge in [-0.15, -0.1) is 0 Å². The van der Waals surface area contributed by atoms with Crippen LogP contribution in [0.25, 0.3) is 10.8 Å². The van der Waals surface area contributed by atoms with Gasteiger partial charge in [-0.05, 0) is 48.6 Å². The lowest BCUT2D eigenvalue weighted by Gasteiger charge is -2.34. The number of nitrogens with one attached hydrogen (secondary N) is 1. The van der Waals surface area contributed by atoms with Gasteiger partial charge in [-0.3, -0.25) is 0 Å². The third-order valence-electron chi connectivity index (χ3n) is 5.17. The summed E-state index contributed by atoms with van der Waals surface area (Å²) in [6, 6.07) is 22.0. The molecule has 3 N–H and O–H groups in total. The molecule has 0 saturated carbocycles. The summed E-state index contributed by atoms with van der Waals surface area (Å²) in [4.78, 5) is 2.44. The molecule has 0 aliphatic carbocycles. The first-order valence-corrected chi connectivity index (χ1v) is 10.7. The Morgan fingerprint density at radius 1 is 0.889 bits per heavy atom. The number of piperidine rings is 1. The van der Waals surface area contributed by atoms with Gasteiger partial charge in [0, 0.05) is 35.9 Å². The molecule has 1 saturated heterocycles. The Labute approximate surface area is 159 Å². The van der Waals surface area contributed by atoms with Crippen LogP contribution in [-0.4, -0.2) is 27.5 Å². The van der Waals surface area contributed by atoms with Crippen molar-refractivity contribution in [1.82, 2.24) is 0 Å². The number of anilines is 2. The number of nitrogens with zero attached hydrogens (tertiary/aromatic N) is 1. The van der Waals surface area contributed by atoms with Gasteiger partial charge in [0.1, 0.15) is 0 Å². The highest BCUT2D eigenvalue weighted by Crippen LogP contribution is 2.27. The second kappa shape index (κ2) is 7.21. The predicted molar refractivity (Wildman–Crippen MR) is 111 cm³/mol. The zero-order valence-electron chi connectivity index (χ0n) is 15.0. The van der Waals surface area contributed by atoms with E-state index in [0.717, 1.165) is 31.6 Å². The van der Waals surface area contributed by atoms with Crippen LogP contribution in [0.4, 0.5) is 11.4 Å². The Bertz CT molecular complexity index is 1040. The van der Waals surface area contributed by atoms with Crippen molar-refractivity contribution in [2.75, 3.05) is 23.3 Å². The number of nitrogens with two attached hydrogens (primary N) is 1. The monoisotopic (exact) mass is 381 g/mol. The van der Waals surface area contributed by atoms with E-state index in [2.05, 4.69) is 52.7 Å². The first-order chi connectivity index (χ1) is 13.0. The van der Waals surface area contributed by atoms with E-state index in [0.29, 0.717) is 6.04 Å². The molecule has 4 rings (SSSR count). The van der Waals surface area contributed by atoms with Gasteiger partial charge in [-0.1, -0.05) is 36.4 Å². The second-order valence-corrected chi connectivity index (χ2v) is 8.53. The van der Waals surface area contributed by atoms with E-state index in [1.807, 2.05) is 12.1 Å². The molecule has 1 aliphatic heterocycles. The van der Waals surface area contributed by atoms with Crippen molar-refractivity contribution in [2.45, 2.75) is 23.8 Å². The fraction of sp³-hybridized carbons (Fsp3) is 0.238. The van der Waals surface area contributed by atoms with Crippen molar-refractivity contribution >= 4 is 32.2 Å². The number of fused-ring (bicyclic) bond motifs is 1. The van der Waals surface area contributed by atoms with Crippen LogP contribution >= 0.6 is 0 Å². The van der Waals surface area contributed by atoms with Gasteiger partial charge in [0.05, 0.1) is 4.90 Å². The van der Waals surface area contributed by atoms with E-state index in [1.165, 1.54) is 16.5 Å². The van der Waals surface area contributed by atoms with Crippen molar-refractivity contribution in [3.05, 3.63) is 66.7 Å². The maximum Gasteiger partial charge on any atom is 0.238 e. The van der Waals surface area contributed by atoms with Crippen LogP contribution in [0, 0.1) is 0 Å². The lowest BCUT2D eigenvalue weighted by atomic mass is 10.0. The SMILES string of the molecule is NS(=O)(=O)c1ccc(N2CCC(Nc3cccc4ccccc34)CC2)cc1. The summed E-state index contributed by atoms with van der Waals surface area (Å²) in [5, 5.41) is 11.4. The number of hydrogen-bond donors (Lipinski definition) is 2. The number of rotatable bonds is 4. The summed E-state index contributed by atoms with van der Waals surface area (Å²) in [5.41, 5.74) is 2.22. The van der Waals surface area contributed by atoms with E-state index in [-0.39, 0.29) is 4.90 Å². The third kappa shape index (κ3) is 3.91. The minimum absolute atomic E-state index is 0.152. The van der Waals surface area contributed by atoms with Crippen LogP contribution in [0.1, 0.15) is 12.8 Å². The molecule has 1 heterocycles. The standard InChI is InChI=1S/C21H23N3O2S/c22-27(25,26)19-10-8-18(9-11-19)24-14-12-17(13-15-24)23-21-7-3-5-16-4-1-2-6-20(16)21/h1-11,17,23H,12-15H2,(H2,22,25,26). The van der Waals surface area contributed by atoms with Crippen LogP contribution < -0.4 is 15.4 Å². The molecule has 27 heavy (non-hydrogen) atoms. The van der Waals surface area contributed by atoms with Crippen LogP contribution in [0.5, 0.6) is 0 Å². The average Bonchev–Trinajstić information content (AvgIpc) is 2.68. The van der Waals surface area contributed by atoms with Crippen molar-refractivity contribution in [2.24, 2.45) is 5.14 Å². The molecule has 0 aromatic heterocycles. The maximum absolute atomic E-state index is 11.4. The molecule has 140 valence electrons. The van der Waals surface area contributed by atoms with Gasteiger partial charge in [-0.25, -0.2) is 13.6 Å². The average molecular weight is 382 g/mol. The normalized spacial score (nSPS) is 15.8. The molecule has 1 fully saturated rings. The number of benzene rings is 3. The molecule has 5 nitrogen and oxygen atoms in total. The number of sulfonamides is 1. The predicted octanol–water partition coefficient (Wildman–Crippen LogP) is 3.57. The van der Waals surface area contributed by atoms with Crippen LogP contribution in [0.3, 0.4) is 0 Å². The molecule has 6 heteroatoms. The minimum Gasteiger partial charge on any atom is -0.382 e. The maximum atomic E-state index is 11.4. The summed E-state index contributed by atoms with van der Waals surface area (Å²) in [7, 11) is -3.64. The lowest BCUT2D eigenvalue weighted by Crippen LogP contribution is -2.39. The second-order valence-electron chi connectivity index (χ2n) is 6.97. The number of hydrogen-bond acceptors (Lipinski definition) is 4. The Morgan fingerprint density at radius 2 is 1.56 bits per heavy atom. The van der Waals surface area contributed by atoms with Crippen LogP contribution in [-0.2, 0) is 10.0 Å². The molecule has 3 aromatic carbocycles. The van der Waals surface area contributed by atoms with Crippen LogP contribution in [0.15, 0.2) is 71.6 Å². The largest absolute Gasteiger partial charge is 0.382 e. The highest BCUT2D eigenvalue weighted by Gasteiger charge is 2.20. The first-order valence-electron chi connectivity index (χ1n) is 9.13. The van der Waals surface area contributed by atoms with Gasteiger partial charge >= 0.3 is 0 Å². The van der Waals surface area contributed by atoms with Crippen molar-refractivity contribution in [3.63, 3.8) is 0 Å². The molecule has 0 unspecified atom stereocenters. The van der Waals surface area contributed by atoms with E-state index in [1.54, 1.807) is 12.1 Å². The highest BCUT2D eigenvalue weighted by molar-refractivity contribution is 7.89. The zero-order chi connectivity index (χ0) is 18.9. The van der Waals surface area contributed by atoms with E-state index >= 15 is 0 Å². The van der Waals surface area contributed by atoms with Gasteiger partial charge in [0.25, 0.3) is 0 Å². The molecule has 0 spiro atoms. The van der Waals surface area contributed by atoms with Crippen molar-refractivity contribution in [1.29, 1.82) is 0 Å². The Kier molecular flexibility index (Phi) is 4.76. The molecular formula is C21H23N3O2S. The smallest absolute Gasteiger partial charge is 0.238 e. The summed E-state index contributed by atoms with van der Waals surface area (Å²) in [6.45, 7) is 1.86. The highest BCUT2D eigenvalue weighted by atomic mass is 32.2. The Hall–Kier alpha value is -2.57. The van der Waals surface area contributed by atoms with E-state index in [9.17, 15) is 8.42 Å². The van der Waals surface area contributed by atoms with Gasteiger partial charge in [0.15, 0.2) is 0 Å². The topological polar surface area (TPSA) is 75.4 Å². The zero-order valence-corrected chi connectivity index (χ0v) is 15.8. The molecule has 0 atom stereocenters. The minimum atomic E-state index is -3.64. The van der Waals surface area contributed by atoms with Crippen molar-refractivity contribution < 1.29 is 8.42 Å². The fourth-order valence-corrected chi connectivity index (χ4v) is 4.22. The van der Waals surface area contributed by atoms with E-state index in [4.69, 9.17) is 5.14 Å². The van der Waals surface area contributed by atoms with Gasteiger partial charge < -0.3 is 10.2 Å². The molecule has 3 aromatic rings. The molecular weight excluding hydrogens is 358 g/mol. The Morgan fingerprint density at radius 3 is 2.26 bits per heavy atom. The summed E-state index contributed by atoms with van der Waals surface area (Å²) < 4.78 is 22.8.